The van der Waals surface area contributed by atoms with Gasteiger partial charge in [-0.1, -0.05) is 11.6 Å². The maximum atomic E-state index is 12.7. The van der Waals surface area contributed by atoms with E-state index in [1.54, 1.807) is 12.4 Å². The number of halogens is 4. The molecule has 0 aliphatic rings. The molecule has 23 heavy (non-hydrogen) atoms. The Bertz CT molecular complexity index is 710. The zero-order chi connectivity index (χ0) is 17.2. The lowest BCUT2D eigenvalue weighted by Crippen LogP contribution is -2.25. The Kier molecular flexibility index (Phi) is 4.99. The highest BCUT2D eigenvalue weighted by molar-refractivity contribution is 6.33. The first-order valence-electron chi connectivity index (χ1n) is 6.87. The summed E-state index contributed by atoms with van der Waals surface area (Å²) in [6.45, 7) is 4.00. The monoisotopic (exact) mass is 345 g/mol. The molecule has 1 aromatic heterocycles. The van der Waals surface area contributed by atoms with E-state index in [0.717, 1.165) is 18.2 Å². The van der Waals surface area contributed by atoms with Crippen LogP contribution in [0.5, 0.6) is 0 Å². The van der Waals surface area contributed by atoms with Crippen LogP contribution in [0.3, 0.4) is 0 Å². The standard InChI is InChI=1S/C15H15ClF3N3O/c1-9(2)22-6-5-20-13(22)8-21-14(23)11-7-10(15(17,18)19)3-4-12(11)16/h3-7,9H,8H2,1-2H3,(H,21,23). The number of hydrogen-bond acceptors (Lipinski definition) is 2. The lowest BCUT2D eigenvalue weighted by Gasteiger charge is -2.13. The van der Waals surface area contributed by atoms with Crippen LogP contribution in [-0.4, -0.2) is 15.5 Å². The third-order valence-corrected chi connectivity index (χ3v) is 3.58. The molecule has 1 amide bonds. The third-order valence-electron chi connectivity index (χ3n) is 3.25. The van der Waals surface area contributed by atoms with Crippen LogP contribution in [0.15, 0.2) is 30.6 Å². The van der Waals surface area contributed by atoms with Crippen LogP contribution >= 0.6 is 11.6 Å². The van der Waals surface area contributed by atoms with Gasteiger partial charge in [0.1, 0.15) is 5.82 Å². The summed E-state index contributed by atoms with van der Waals surface area (Å²) in [6.07, 6.45) is -1.17. The molecule has 124 valence electrons. The van der Waals surface area contributed by atoms with Crippen molar-refractivity contribution in [3.8, 4) is 0 Å². The molecule has 0 spiro atoms. The van der Waals surface area contributed by atoms with Crippen molar-refractivity contribution in [2.75, 3.05) is 0 Å². The molecule has 0 bridgehead atoms. The Labute approximate surface area is 136 Å². The van der Waals surface area contributed by atoms with Crippen molar-refractivity contribution in [1.82, 2.24) is 14.9 Å². The summed E-state index contributed by atoms with van der Waals surface area (Å²) >= 11 is 5.83. The summed E-state index contributed by atoms with van der Waals surface area (Å²) in [4.78, 5) is 16.2. The topological polar surface area (TPSA) is 46.9 Å². The van der Waals surface area contributed by atoms with Gasteiger partial charge in [0.25, 0.3) is 5.91 Å². The highest BCUT2D eigenvalue weighted by Crippen LogP contribution is 2.31. The van der Waals surface area contributed by atoms with Gasteiger partial charge in [-0.2, -0.15) is 13.2 Å². The lowest BCUT2D eigenvalue weighted by molar-refractivity contribution is -0.137. The number of benzene rings is 1. The van der Waals surface area contributed by atoms with E-state index < -0.39 is 17.6 Å². The minimum atomic E-state index is -4.53. The van der Waals surface area contributed by atoms with E-state index >= 15 is 0 Å². The van der Waals surface area contributed by atoms with Crippen LogP contribution < -0.4 is 5.32 Å². The quantitative estimate of drug-likeness (QED) is 0.908. The number of nitrogens with one attached hydrogen (secondary N) is 1. The first-order valence-corrected chi connectivity index (χ1v) is 7.24. The number of rotatable bonds is 4. The molecule has 4 nitrogen and oxygen atoms in total. The van der Waals surface area contributed by atoms with Gasteiger partial charge in [0.15, 0.2) is 0 Å². The van der Waals surface area contributed by atoms with E-state index in [0.29, 0.717) is 5.82 Å². The van der Waals surface area contributed by atoms with E-state index in [4.69, 9.17) is 11.6 Å². The molecule has 0 saturated heterocycles. The fourth-order valence-electron chi connectivity index (χ4n) is 2.08. The van der Waals surface area contributed by atoms with E-state index in [-0.39, 0.29) is 23.2 Å². The second-order valence-corrected chi connectivity index (χ2v) is 5.63. The minimum absolute atomic E-state index is 0.0392. The van der Waals surface area contributed by atoms with Crippen LogP contribution in [0.25, 0.3) is 0 Å². The molecule has 0 saturated carbocycles. The highest BCUT2D eigenvalue weighted by atomic mass is 35.5. The van der Waals surface area contributed by atoms with Crippen molar-refractivity contribution in [3.63, 3.8) is 0 Å². The number of amides is 1. The molecule has 8 heteroatoms. The van der Waals surface area contributed by atoms with Crippen LogP contribution in [0, 0.1) is 0 Å². The van der Waals surface area contributed by atoms with Gasteiger partial charge >= 0.3 is 6.18 Å². The number of aromatic nitrogens is 2. The molecule has 1 aromatic carbocycles. The number of nitrogens with zero attached hydrogens (tertiary/aromatic N) is 2. The van der Waals surface area contributed by atoms with Crippen LogP contribution in [-0.2, 0) is 12.7 Å². The summed E-state index contributed by atoms with van der Waals surface area (Å²) in [6, 6.07) is 2.80. The molecule has 0 aliphatic heterocycles. The van der Waals surface area contributed by atoms with Gasteiger partial charge in [0, 0.05) is 18.4 Å². The zero-order valence-corrected chi connectivity index (χ0v) is 13.2. The van der Waals surface area contributed by atoms with Crippen molar-refractivity contribution in [1.29, 1.82) is 0 Å². The Balaban J connectivity index is 2.16. The summed E-state index contributed by atoms with van der Waals surface area (Å²) in [5, 5.41) is 2.50. The largest absolute Gasteiger partial charge is 0.416 e. The lowest BCUT2D eigenvalue weighted by atomic mass is 10.1. The van der Waals surface area contributed by atoms with Crippen molar-refractivity contribution >= 4 is 17.5 Å². The van der Waals surface area contributed by atoms with Crippen LogP contribution in [0.2, 0.25) is 5.02 Å². The minimum Gasteiger partial charge on any atom is -0.345 e. The number of alkyl halides is 3. The van der Waals surface area contributed by atoms with Gasteiger partial charge < -0.3 is 9.88 Å². The second kappa shape index (κ2) is 6.62. The summed E-state index contributed by atoms with van der Waals surface area (Å²) in [7, 11) is 0. The van der Waals surface area contributed by atoms with Crippen LogP contribution in [0.4, 0.5) is 13.2 Å². The molecule has 2 aromatic rings. The van der Waals surface area contributed by atoms with Crippen molar-refractivity contribution in [3.05, 3.63) is 52.6 Å². The fraction of sp³-hybridized carbons (Fsp3) is 0.333. The SMILES string of the molecule is CC(C)n1ccnc1CNC(=O)c1cc(C(F)(F)F)ccc1Cl. The van der Waals surface area contributed by atoms with Gasteiger partial charge in [0.05, 0.1) is 22.7 Å². The summed E-state index contributed by atoms with van der Waals surface area (Å²) in [5.74, 6) is -0.0733. The third kappa shape index (κ3) is 4.04. The predicted molar refractivity (Wildman–Crippen MR) is 80.2 cm³/mol. The number of carbonyl (C=O) groups excluding carboxylic acids is 1. The second-order valence-electron chi connectivity index (χ2n) is 5.22. The molecule has 1 heterocycles. The maximum Gasteiger partial charge on any atom is 0.416 e. The van der Waals surface area contributed by atoms with Crippen LogP contribution in [0.1, 0.15) is 41.6 Å². The Morgan fingerprint density at radius 1 is 1.39 bits per heavy atom. The zero-order valence-electron chi connectivity index (χ0n) is 12.5. The molecular formula is C15H15ClF3N3O. The summed E-state index contributed by atoms with van der Waals surface area (Å²) in [5.41, 5.74) is -1.14. The van der Waals surface area contributed by atoms with E-state index in [1.165, 1.54) is 0 Å². The van der Waals surface area contributed by atoms with Gasteiger partial charge in [-0.05, 0) is 32.0 Å². The smallest absolute Gasteiger partial charge is 0.345 e. The molecule has 0 fully saturated rings. The number of imidazole rings is 1. The fourth-order valence-corrected chi connectivity index (χ4v) is 2.28. The van der Waals surface area contributed by atoms with E-state index in [2.05, 4.69) is 10.3 Å². The molecular weight excluding hydrogens is 331 g/mol. The Morgan fingerprint density at radius 2 is 2.09 bits per heavy atom. The van der Waals surface area contributed by atoms with Crippen molar-refractivity contribution in [2.24, 2.45) is 0 Å². The highest BCUT2D eigenvalue weighted by Gasteiger charge is 2.31. The predicted octanol–water partition coefficient (Wildman–Crippen LogP) is 4.07. The maximum absolute atomic E-state index is 12.7. The number of hydrogen-bond donors (Lipinski definition) is 1. The first kappa shape index (κ1) is 17.3. The van der Waals surface area contributed by atoms with Gasteiger partial charge in [0.2, 0.25) is 0 Å². The normalized spacial score (nSPS) is 11.8. The van der Waals surface area contributed by atoms with Gasteiger partial charge in [-0.15, -0.1) is 0 Å². The Morgan fingerprint density at radius 3 is 2.70 bits per heavy atom. The van der Waals surface area contributed by atoms with Crippen molar-refractivity contribution in [2.45, 2.75) is 32.6 Å². The van der Waals surface area contributed by atoms with E-state index in [9.17, 15) is 18.0 Å². The van der Waals surface area contributed by atoms with Crippen molar-refractivity contribution < 1.29 is 18.0 Å². The molecule has 1 N–H and O–H groups in total. The van der Waals surface area contributed by atoms with Gasteiger partial charge in [-0.25, -0.2) is 4.98 Å². The average Bonchev–Trinajstić information content (AvgIpc) is 2.92. The summed E-state index contributed by atoms with van der Waals surface area (Å²) < 4.78 is 40.0. The molecule has 0 aliphatic carbocycles. The van der Waals surface area contributed by atoms with E-state index in [1.807, 2.05) is 18.4 Å². The van der Waals surface area contributed by atoms with Gasteiger partial charge in [-0.3, -0.25) is 4.79 Å². The molecule has 0 unspecified atom stereocenters. The molecule has 0 radical (unpaired) electrons. The Hall–Kier alpha value is -2.02. The average molecular weight is 346 g/mol. The first-order chi connectivity index (χ1) is 10.7. The number of carbonyl (C=O) groups is 1. The molecule has 0 atom stereocenters. The molecule has 2 rings (SSSR count).